The Hall–Kier alpha value is -1.07. The first-order chi connectivity index (χ1) is 9.10. The molecular weight excluding hydrogens is 310 g/mol. The number of benzene rings is 1. The second-order valence-corrected chi connectivity index (χ2v) is 5.86. The van der Waals surface area contributed by atoms with Crippen LogP contribution in [-0.4, -0.2) is 31.3 Å². The van der Waals surface area contributed by atoms with Crippen LogP contribution in [-0.2, 0) is 0 Å². The maximum Gasteiger partial charge on any atom is 0.252 e. The number of hydrogen-bond acceptors (Lipinski definition) is 3. The minimum atomic E-state index is -0.116. The molecule has 0 saturated heterocycles. The molecule has 104 valence electrons. The van der Waals surface area contributed by atoms with E-state index >= 15 is 0 Å². The van der Waals surface area contributed by atoms with E-state index in [-0.39, 0.29) is 17.9 Å². The van der Waals surface area contributed by atoms with E-state index in [9.17, 15) is 4.79 Å². The van der Waals surface area contributed by atoms with E-state index in [4.69, 9.17) is 9.84 Å². The van der Waals surface area contributed by atoms with Crippen molar-refractivity contribution in [2.24, 2.45) is 5.41 Å². The third-order valence-corrected chi connectivity index (χ3v) is 4.33. The van der Waals surface area contributed by atoms with Crippen molar-refractivity contribution in [3.8, 4) is 5.75 Å². The van der Waals surface area contributed by atoms with Crippen molar-refractivity contribution in [2.45, 2.75) is 19.3 Å². The smallest absolute Gasteiger partial charge is 0.252 e. The summed E-state index contributed by atoms with van der Waals surface area (Å²) in [4.78, 5) is 12.2. The maximum absolute atomic E-state index is 12.2. The van der Waals surface area contributed by atoms with Crippen LogP contribution in [0.15, 0.2) is 22.7 Å². The minimum Gasteiger partial charge on any atom is -0.497 e. The molecule has 1 aromatic rings. The number of methoxy groups -OCH3 is 1. The Balaban J connectivity index is 2.00. The molecule has 1 amide bonds. The van der Waals surface area contributed by atoms with Gasteiger partial charge in [0.2, 0.25) is 0 Å². The molecule has 2 rings (SSSR count). The first kappa shape index (κ1) is 14.3. The predicted molar refractivity (Wildman–Crippen MR) is 76.4 cm³/mol. The van der Waals surface area contributed by atoms with Crippen molar-refractivity contribution in [3.05, 3.63) is 28.2 Å². The van der Waals surface area contributed by atoms with Gasteiger partial charge < -0.3 is 15.2 Å². The van der Waals surface area contributed by atoms with Gasteiger partial charge in [-0.15, -0.1) is 0 Å². The highest BCUT2D eigenvalue weighted by molar-refractivity contribution is 9.10. The van der Waals surface area contributed by atoms with E-state index in [2.05, 4.69) is 21.2 Å². The lowest BCUT2D eigenvalue weighted by Gasteiger charge is -2.15. The van der Waals surface area contributed by atoms with Crippen LogP contribution in [0.3, 0.4) is 0 Å². The van der Waals surface area contributed by atoms with Gasteiger partial charge in [-0.05, 0) is 58.8 Å². The van der Waals surface area contributed by atoms with E-state index in [0.717, 1.165) is 23.7 Å². The highest BCUT2D eigenvalue weighted by Gasteiger charge is 2.41. The van der Waals surface area contributed by atoms with Gasteiger partial charge in [0, 0.05) is 17.6 Å². The molecule has 19 heavy (non-hydrogen) atoms. The number of carbonyl (C=O) groups excluding carboxylic acids is 1. The molecule has 0 aliphatic heterocycles. The van der Waals surface area contributed by atoms with Crippen LogP contribution in [0.1, 0.15) is 29.6 Å². The van der Waals surface area contributed by atoms with Crippen LogP contribution >= 0.6 is 15.9 Å². The van der Waals surface area contributed by atoms with Crippen LogP contribution in [0, 0.1) is 5.41 Å². The number of amides is 1. The lowest BCUT2D eigenvalue weighted by Crippen LogP contribution is -2.30. The van der Waals surface area contributed by atoms with Crippen molar-refractivity contribution < 1.29 is 14.6 Å². The number of carbonyl (C=O) groups is 1. The zero-order valence-electron chi connectivity index (χ0n) is 10.9. The molecule has 4 nitrogen and oxygen atoms in total. The van der Waals surface area contributed by atoms with Crippen LogP contribution in [0.25, 0.3) is 0 Å². The van der Waals surface area contributed by atoms with E-state index in [1.165, 1.54) is 0 Å². The monoisotopic (exact) mass is 327 g/mol. The largest absolute Gasteiger partial charge is 0.497 e. The lowest BCUT2D eigenvalue weighted by molar-refractivity contribution is 0.0939. The van der Waals surface area contributed by atoms with E-state index in [1.807, 2.05) is 0 Å². The van der Waals surface area contributed by atoms with Gasteiger partial charge in [0.05, 0.1) is 12.7 Å². The molecule has 0 heterocycles. The number of aliphatic hydroxyl groups is 1. The number of ether oxygens (including phenoxy) is 1. The molecule has 0 atom stereocenters. The highest BCUT2D eigenvalue weighted by atomic mass is 79.9. The quantitative estimate of drug-likeness (QED) is 0.843. The normalized spacial score (nSPS) is 15.9. The van der Waals surface area contributed by atoms with Gasteiger partial charge in [0.1, 0.15) is 5.75 Å². The fourth-order valence-corrected chi connectivity index (χ4v) is 2.52. The molecular formula is C14H18BrNO3. The topological polar surface area (TPSA) is 58.6 Å². The average Bonchev–Trinajstić information content (AvgIpc) is 3.17. The van der Waals surface area contributed by atoms with Crippen LogP contribution in [0.2, 0.25) is 0 Å². The maximum atomic E-state index is 12.2. The predicted octanol–water partition coefficient (Wildman–Crippen LogP) is 2.35. The Morgan fingerprint density at radius 1 is 1.53 bits per heavy atom. The summed E-state index contributed by atoms with van der Waals surface area (Å²) in [5, 5.41) is 11.9. The molecule has 1 aliphatic rings. The molecule has 1 aromatic carbocycles. The Labute approximate surface area is 121 Å². The molecule has 1 aliphatic carbocycles. The molecule has 2 N–H and O–H groups in total. The Morgan fingerprint density at radius 3 is 2.84 bits per heavy atom. The summed E-state index contributed by atoms with van der Waals surface area (Å²) >= 11 is 3.37. The summed E-state index contributed by atoms with van der Waals surface area (Å²) in [5.74, 6) is 0.542. The van der Waals surface area contributed by atoms with Gasteiger partial charge in [-0.1, -0.05) is 0 Å². The molecule has 0 bridgehead atoms. The number of rotatable bonds is 6. The first-order valence-corrected chi connectivity index (χ1v) is 7.12. The van der Waals surface area contributed by atoms with Crippen LogP contribution < -0.4 is 10.1 Å². The number of nitrogens with one attached hydrogen (secondary N) is 1. The highest BCUT2D eigenvalue weighted by Crippen LogP contribution is 2.47. The lowest BCUT2D eigenvalue weighted by atomic mass is 10.0. The Kier molecular flexibility index (Phi) is 4.47. The number of aliphatic hydroxyl groups excluding tert-OH is 1. The van der Waals surface area contributed by atoms with Crippen LogP contribution in [0.4, 0.5) is 0 Å². The molecule has 0 unspecified atom stereocenters. The second kappa shape index (κ2) is 5.92. The zero-order valence-corrected chi connectivity index (χ0v) is 12.5. The van der Waals surface area contributed by atoms with E-state index in [0.29, 0.717) is 17.9 Å². The third-order valence-electron chi connectivity index (χ3n) is 3.64. The molecule has 5 heteroatoms. The summed E-state index contributed by atoms with van der Waals surface area (Å²) in [6, 6.07) is 5.31. The third kappa shape index (κ3) is 3.48. The summed E-state index contributed by atoms with van der Waals surface area (Å²) in [7, 11) is 1.57. The summed E-state index contributed by atoms with van der Waals surface area (Å²) < 4.78 is 5.87. The first-order valence-electron chi connectivity index (χ1n) is 6.33. The van der Waals surface area contributed by atoms with Gasteiger partial charge in [-0.3, -0.25) is 4.79 Å². The zero-order chi connectivity index (χ0) is 13.9. The van der Waals surface area contributed by atoms with Gasteiger partial charge in [-0.25, -0.2) is 0 Å². The summed E-state index contributed by atoms with van der Waals surface area (Å²) in [6.45, 7) is 0.800. The standard InChI is InChI=1S/C14H18BrNO3/c1-19-10-2-3-12(15)11(8-10)13(18)16-9-14(4-5-14)6-7-17/h2-3,8,17H,4-7,9H2,1H3,(H,16,18). The minimum absolute atomic E-state index is 0.116. The summed E-state index contributed by atoms with van der Waals surface area (Å²) in [5.41, 5.74) is 0.689. The molecule has 0 aromatic heterocycles. The van der Waals surface area contributed by atoms with Crippen molar-refractivity contribution in [2.75, 3.05) is 20.3 Å². The molecule has 0 radical (unpaired) electrons. The van der Waals surface area contributed by atoms with E-state index < -0.39 is 0 Å². The Morgan fingerprint density at radius 2 is 2.26 bits per heavy atom. The fourth-order valence-electron chi connectivity index (χ4n) is 2.10. The molecule has 0 spiro atoms. The van der Waals surface area contributed by atoms with Gasteiger partial charge in [0.15, 0.2) is 0 Å². The van der Waals surface area contributed by atoms with Gasteiger partial charge >= 0.3 is 0 Å². The SMILES string of the molecule is COc1ccc(Br)c(C(=O)NCC2(CCO)CC2)c1. The van der Waals surface area contributed by atoms with E-state index in [1.54, 1.807) is 25.3 Å². The van der Waals surface area contributed by atoms with Gasteiger partial charge in [0.25, 0.3) is 5.91 Å². The summed E-state index contributed by atoms with van der Waals surface area (Å²) in [6.07, 6.45) is 2.91. The van der Waals surface area contributed by atoms with Gasteiger partial charge in [-0.2, -0.15) is 0 Å². The number of hydrogen-bond donors (Lipinski definition) is 2. The van der Waals surface area contributed by atoms with Crippen molar-refractivity contribution in [1.82, 2.24) is 5.32 Å². The van der Waals surface area contributed by atoms with Crippen molar-refractivity contribution >= 4 is 21.8 Å². The molecule has 1 fully saturated rings. The Bertz CT molecular complexity index is 472. The second-order valence-electron chi connectivity index (χ2n) is 5.00. The fraction of sp³-hybridized carbons (Fsp3) is 0.500. The van der Waals surface area contributed by atoms with Crippen molar-refractivity contribution in [1.29, 1.82) is 0 Å². The van der Waals surface area contributed by atoms with Crippen molar-refractivity contribution in [3.63, 3.8) is 0 Å². The number of halogens is 1. The average molecular weight is 328 g/mol. The van der Waals surface area contributed by atoms with Crippen LogP contribution in [0.5, 0.6) is 5.75 Å². The molecule has 1 saturated carbocycles.